The average molecular weight is 662 g/mol. The van der Waals surface area contributed by atoms with Crippen LogP contribution in [0.3, 0.4) is 0 Å². The zero-order valence-electron chi connectivity index (χ0n) is 25.8. The summed E-state index contributed by atoms with van der Waals surface area (Å²) in [6.45, 7) is 5.50. The number of hydrogen-bond acceptors (Lipinski definition) is 4. The molecule has 7 nitrogen and oxygen atoms in total. The number of carbonyl (C=O) groups excluding carboxylic acids is 2. The highest BCUT2D eigenvalue weighted by molar-refractivity contribution is 5.97. The highest BCUT2D eigenvalue weighted by atomic mass is 19.4. The number of nitrogens with zero attached hydrogens (tertiary/aromatic N) is 4. The van der Waals surface area contributed by atoms with E-state index in [2.05, 4.69) is 15.1 Å². The van der Waals surface area contributed by atoms with Gasteiger partial charge in [0.15, 0.2) is 0 Å². The average Bonchev–Trinajstić information content (AvgIpc) is 3.41. The Hall–Kier alpha value is -4.10. The second-order valence-corrected chi connectivity index (χ2v) is 11.9. The van der Waals surface area contributed by atoms with E-state index in [1.807, 2.05) is 0 Å². The van der Waals surface area contributed by atoms with Crippen LogP contribution in [-0.4, -0.2) is 83.9 Å². The minimum atomic E-state index is -4.38. The van der Waals surface area contributed by atoms with Crippen molar-refractivity contribution in [3.63, 3.8) is 0 Å². The summed E-state index contributed by atoms with van der Waals surface area (Å²) in [5.74, 6) is -0.161. The molecule has 2 heterocycles. The summed E-state index contributed by atoms with van der Waals surface area (Å²) in [6.07, 6.45) is -7.33. The first kappa shape index (κ1) is 34.2. The van der Waals surface area contributed by atoms with Gasteiger partial charge in [0.1, 0.15) is 0 Å². The number of rotatable bonds is 6. The molecule has 3 aromatic carbocycles. The van der Waals surface area contributed by atoms with Gasteiger partial charge in [-0.3, -0.25) is 14.6 Å². The second-order valence-electron chi connectivity index (χ2n) is 11.9. The summed E-state index contributed by atoms with van der Waals surface area (Å²) < 4.78 is 77.3. The number of amides is 3. The quantitative estimate of drug-likeness (QED) is 0.295. The van der Waals surface area contributed by atoms with E-state index in [0.717, 1.165) is 35.4 Å². The lowest BCUT2D eigenvalue weighted by molar-refractivity contribution is -0.138. The standard InChI is InChI=1S/C34H37F6N5O2/c35-33(36,37)28-10-6-25(7-11-28)23-42-14-2-16-44(20-18-42)31(46)27-4-1-5-30(22-27)41-32(47)45-17-3-15-43(19-21-45)24-26-8-12-29(13-9-26)34(38,39)40/h1,4-13,22H,2-3,14-21,23-24H2,(H,41,47). The van der Waals surface area contributed by atoms with E-state index in [4.69, 9.17) is 0 Å². The topological polar surface area (TPSA) is 59.1 Å². The molecule has 0 bridgehead atoms. The maximum Gasteiger partial charge on any atom is 0.416 e. The summed E-state index contributed by atoms with van der Waals surface area (Å²) >= 11 is 0. The molecule has 13 heteroatoms. The fourth-order valence-electron chi connectivity index (χ4n) is 5.89. The van der Waals surface area contributed by atoms with Gasteiger partial charge in [0.25, 0.3) is 5.91 Å². The molecule has 0 radical (unpaired) electrons. The van der Waals surface area contributed by atoms with Gasteiger partial charge in [0, 0.05) is 76.7 Å². The maximum absolute atomic E-state index is 13.4. The van der Waals surface area contributed by atoms with Crippen molar-refractivity contribution < 1.29 is 35.9 Å². The van der Waals surface area contributed by atoms with Crippen molar-refractivity contribution in [1.29, 1.82) is 0 Å². The number of benzene rings is 3. The maximum atomic E-state index is 13.4. The van der Waals surface area contributed by atoms with Crippen LogP contribution in [0.1, 0.15) is 45.5 Å². The molecule has 2 fully saturated rings. The number of urea groups is 1. The van der Waals surface area contributed by atoms with E-state index in [-0.39, 0.29) is 11.9 Å². The Morgan fingerprint density at radius 3 is 1.60 bits per heavy atom. The predicted octanol–water partition coefficient (Wildman–Crippen LogP) is 6.81. The Kier molecular flexibility index (Phi) is 10.8. The number of halogens is 6. The monoisotopic (exact) mass is 661 g/mol. The van der Waals surface area contributed by atoms with Gasteiger partial charge >= 0.3 is 18.4 Å². The summed E-state index contributed by atoms with van der Waals surface area (Å²) in [5.41, 5.74) is 1.12. The van der Waals surface area contributed by atoms with Crippen molar-refractivity contribution >= 4 is 17.6 Å². The number of nitrogens with one attached hydrogen (secondary N) is 1. The van der Waals surface area contributed by atoms with Crippen molar-refractivity contribution in [2.45, 2.75) is 38.3 Å². The first-order valence-corrected chi connectivity index (χ1v) is 15.6. The van der Waals surface area contributed by atoms with Crippen LogP contribution in [0.5, 0.6) is 0 Å². The molecule has 0 spiro atoms. The highest BCUT2D eigenvalue weighted by Crippen LogP contribution is 2.30. The number of anilines is 1. The fraction of sp³-hybridized carbons (Fsp3) is 0.412. The third-order valence-electron chi connectivity index (χ3n) is 8.49. The molecule has 0 saturated carbocycles. The number of hydrogen-bond donors (Lipinski definition) is 1. The molecule has 3 amide bonds. The summed E-state index contributed by atoms with van der Waals surface area (Å²) in [6, 6.07) is 16.8. The van der Waals surface area contributed by atoms with Gasteiger partial charge in [-0.2, -0.15) is 26.3 Å². The van der Waals surface area contributed by atoms with Gasteiger partial charge in [0.05, 0.1) is 11.1 Å². The fourth-order valence-corrected chi connectivity index (χ4v) is 5.89. The molecular weight excluding hydrogens is 624 g/mol. The van der Waals surface area contributed by atoms with Crippen LogP contribution in [0.2, 0.25) is 0 Å². The van der Waals surface area contributed by atoms with Crippen LogP contribution >= 0.6 is 0 Å². The Labute approximate surface area is 269 Å². The second kappa shape index (κ2) is 14.8. The Morgan fingerprint density at radius 1 is 0.596 bits per heavy atom. The van der Waals surface area contributed by atoms with Crippen molar-refractivity contribution in [2.75, 3.05) is 57.7 Å². The van der Waals surface area contributed by atoms with E-state index in [1.54, 1.807) is 34.1 Å². The molecule has 3 aromatic rings. The van der Waals surface area contributed by atoms with Gasteiger partial charge in [-0.25, -0.2) is 4.79 Å². The minimum Gasteiger partial charge on any atom is -0.337 e. The molecule has 47 heavy (non-hydrogen) atoms. The molecular formula is C34H37F6N5O2. The van der Waals surface area contributed by atoms with Crippen LogP contribution in [0.4, 0.5) is 36.8 Å². The van der Waals surface area contributed by atoms with E-state index in [9.17, 15) is 35.9 Å². The summed E-state index contributed by atoms with van der Waals surface area (Å²) in [5, 5.41) is 2.89. The first-order chi connectivity index (χ1) is 22.3. The van der Waals surface area contributed by atoms with Gasteiger partial charge in [-0.05, 0) is 66.4 Å². The molecule has 5 rings (SSSR count). The smallest absolute Gasteiger partial charge is 0.337 e. The molecule has 2 saturated heterocycles. The lowest BCUT2D eigenvalue weighted by Crippen LogP contribution is -2.38. The van der Waals surface area contributed by atoms with E-state index >= 15 is 0 Å². The third-order valence-corrected chi connectivity index (χ3v) is 8.49. The van der Waals surface area contributed by atoms with Crippen molar-refractivity contribution in [3.05, 3.63) is 101 Å². The van der Waals surface area contributed by atoms with Crippen molar-refractivity contribution in [3.8, 4) is 0 Å². The van der Waals surface area contributed by atoms with E-state index in [0.29, 0.717) is 89.5 Å². The Balaban J connectivity index is 1.11. The zero-order valence-corrected chi connectivity index (χ0v) is 25.8. The lowest BCUT2D eigenvalue weighted by Gasteiger charge is -2.23. The predicted molar refractivity (Wildman–Crippen MR) is 166 cm³/mol. The third kappa shape index (κ3) is 9.48. The first-order valence-electron chi connectivity index (χ1n) is 15.6. The largest absolute Gasteiger partial charge is 0.416 e. The van der Waals surface area contributed by atoms with Gasteiger partial charge in [-0.15, -0.1) is 0 Å². The van der Waals surface area contributed by atoms with Gasteiger partial charge < -0.3 is 15.1 Å². The normalized spacial score (nSPS) is 17.2. The summed E-state index contributed by atoms with van der Waals surface area (Å²) in [4.78, 5) is 34.2. The molecule has 0 atom stereocenters. The molecule has 2 aliphatic rings. The molecule has 252 valence electrons. The SMILES string of the molecule is O=C(Nc1cccc(C(=O)N2CCCN(Cc3ccc(C(F)(F)F)cc3)CC2)c1)N1CCCN(Cc2ccc(C(F)(F)F)cc2)CC1. The van der Waals surface area contributed by atoms with Crippen molar-refractivity contribution in [2.24, 2.45) is 0 Å². The molecule has 2 aliphatic heterocycles. The van der Waals surface area contributed by atoms with Crippen molar-refractivity contribution in [1.82, 2.24) is 19.6 Å². The number of alkyl halides is 6. The summed E-state index contributed by atoms with van der Waals surface area (Å²) in [7, 11) is 0. The van der Waals surface area contributed by atoms with Crippen LogP contribution in [0, 0.1) is 0 Å². The van der Waals surface area contributed by atoms with E-state index in [1.165, 1.54) is 24.3 Å². The van der Waals surface area contributed by atoms with Crippen LogP contribution < -0.4 is 5.32 Å². The molecule has 0 unspecified atom stereocenters. The molecule has 1 N–H and O–H groups in total. The minimum absolute atomic E-state index is 0.161. The van der Waals surface area contributed by atoms with Crippen LogP contribution in [-0.2, 0) is 25.4 Å². The van der Waals surface area contributed by atoms with Crippen LogP contribution in [0.25, 0.3) is 0 Å². The van der Waals surface area contributed by atoms with Gasteiger partial charge in [-0.1, -0.05) is 30.3 Å². The van der Waals surface area contributed by atoms with Crippen LogP contribution in [0.15, 0.2) is 72.8 Å². The Bertz CT molecular complexity index is 1510. The van der Waals surface area contributed by atoms with E-state index < -0.39 is 23.5 Å². The molecule has 0 aromatic heterocycles. The lowest BCUT2D eigenvalue weighted by atomic mass is 10.1. The Morgan fingerprint density at radius 2 is 1.09 bits per heavy atom. The number of carbonyl (C=O) groups is 2. The highest BCUT2D eigenvalue weighted by Gasteiger charge is 2.31. The van der Waals surface area contributed by atoms with Gasteiger partial charge in [0.2, 0.25) is 0 Å². The molecule has 0 aliphatic carbocycles. The zero-order chi connectivity index (χ0) is 33.6.